The second-order valence-corrected chi connectivity index (χ2v) is 7.52. The molecule has 1 aromatic rings. The van der Waals surface area contributed by atoms with E-state index < -0.39 is 41.6 Å². The predicted octanol–water partition coefficient (Wildman–Crippen LogP) is 2.67. The Morgan fingerprint density at radius 1 is 1.19 bits per heavy atom. The topological polar surface area (TPSA) is 78.5 Å². The Hall–Kier alpha value is -2.51. The van der Waals surface area contributed by atoms with Crippen LogP contribution in [0.15, 0.2) is 18.2 Å². The van der Waals surface area contributed by atoms with Crippen molar-refractivity contribution >= 4 is 17.8 Å². The smallest absolute Gasteiger partial charge is 0.325 e. The van der Waals surface area contributed by atoms with Gasteiger partial charge in [0.2, 0.25) is 5.91 Å². The van der Waals surface area contributed by atoms with Crippen molar-refractivity contribution in [1.29, 1.82) is 0 Å². The van der Waals surface area contributed by atoms with Crippen LogP contribution in [-0.2, 0) is 15.1 Å². The van der Waals surface area contributed by atoms with Crippen molar-refractivity contribution in [1.82, 2.24) is 15.5 Å². The van der Waals surface area contributed by atoms with E-state index in [-0.39, 0.29) is 11.6 Å². The van der Waals surface area contributed by atoms with E-state index in [0.29, 0.717) is 5.92 Å². The van der Waals surface area contributed by atoms with Crippen LogP contribution in [0.25, 0.3) is 0 Å². The fraction of sp³-hybridized carbons (Fsp3) is 0.526. The molecule has 1 heterocycles. The number of nitrogens with one attached hydrogen (secondary N) is 2. The summed E-state index contributed by atoms with van der Waals surface area (Å²) in [5.74, 6) is -2.81. The van der Waals surface area contributed by atoms with Gasteiger partial charge in [0, 0.05) is 6.04 Å². The van der Waals surface area contributed by atoms with Crippen molar-refractivity contribution in [3.05, 3.63) is 35.4 Å². The van der Waals surface area contributed by atoms with Gasteiger partial charge in [0.15, 0.2) is 11.6 Å². The van der Waals surface area contributed by atoms with Crippen LogP contribution < -0.4 is 10.6 Å². The molecule has 0 saturated carbocycles. The Morgan fingerprint density at radius 3 is 2.44 bits per heavy atom. The van der Waals surface area contributed by atoms with Gasteiger partial charge < -0.3 is 10.6 Å². The highest BCUT2D eigenvalue weighted by Gasteiger charge is 2.49. The molecular weight excluding hydrogens is 356 g/mol. The minimum Gasteiger partial charge on any atom is -0.352 e. The molecule has 0 aromatic heterocycles. The standard InChI is InChI=1S/C19H25F2N3O3/c1-11(2)5-6-12(3)22-16(25)10-24-17(26)19(4,23-18(24)27)13-7-8-14(20)15(21)9-13/h7-9,11-12H,5-6,10H2,1-4H3,(H,22,25)(H,23,27). The van der Waals surface area contributed by atoms with Crippen molar-refractivity contribution in [3.8, 4) is 0 Å². The molecule has 4 amide bonds. The molecule has 2 N–H and O–H groups in total. The van der Waals surface area contributed by atoms with E-state index >= 15 is 0 Å². The van der Waals surface area contributed by atoms with Crippen LogP contribution in [0.5, 0.6) is 0 Å². The van der Waals surface area contributed by atoms with Gasteiger partial charge in [-0.05, 0) is 50.3 Å². The minimum absolute atomic E-state index is 0.0850. The molecule has 1 fully saturated rings. The van der Waals surface area contributed by atoms with Gasteiger partial charge in [-0.2, -0.15) is 0 Å². The highest BCUT2D eigenvalue weighted by molar-refractivity contribution is 6.09. The molecule has 2 atom stereocenters. The highest BCUT2D eigenvalue weighted by atomic mass is 19.2. The Balaban J connectivity index is 2.07. The van der Waals surface area contributed by atoms with Crippen molar-refractivity contribution in [2.75, 3.05) is 6.54 Å². The van der Waals surface area contributed by atoms with E-state index in [0.717, 1.165) is 29.9 Å². The third-order valence-corrected chi connectivity index (χ3v) is 4.66. The summed E-state index contributed by atoms with van der Waals surface area (Å²) < 4.78 is 26.7. The summed E-state index contributed by atoms with van der Waals surface area (Å²) in [6.45, 7) is 6.98. The number of benzene rings is 1. The number of imide groups is 1. The first-order valence-electron chi connectivity index (χ1n) is 8.93. The second kappa shape index (κ2) is 8.02. The predicted molar refractivity (Wildman–Crippen MR) is 95.6 cm³/mol. The normalized spacial score (nSPS) is 20.8. The molecule has 0 bridgehead atoms. The van der Waals surface area contributed by atoms with E-state index in [4.69, 9.17) is 0 Å². The van der Waals surface area contributed by atoms with Crippen LogP contribution in [-0.4, -0.2) is 35.3 Å². The SMILES string of the molecule is CC(C)CCC(C)NC(=O)CN1C(=O)NC(C)(c2ccc(F)c(F)c2)C1=O. The first-order valence-corrected chi connectivity index (χ1v) is 8.93. The van der Waals surface area contributed by atoms with Gasteiger partial charge in [0.05, 0.1) is 0 Å². The molecule has 148 valence electrons. The molecule has 1 saturated heterocycles. The van der Waals surface area contributed by atoms with E-state index in [1.54, 1.807) is 0 Å². The maximum absolute atomic E-state index is 13.5. The average molecular weight is 381 g/mol. The quantitative estimate of drug-likeness (QED) is 0.713. The van der Waals surface area contributed by atoms with E-state index in [2.05, 4.69) is 24.5 Å². The van der Waals surface area contributed by atoms with Crippen LogP contribution in [0, 0.1) is 17.6 Å². The molecule has 0 spiro atoms. The Labute approximate surface area is 157 Å². The van der Waals surface area contributed by atoms with Gasteiger partial charge >= 0.3 is 6.03 Å². The van der Waals surface area contributed by atoms with Gasteiger partial charge in [-0.3, -0.25) is 14.5 Å². The third kappa shape index (κ3) is 4.61. The van der Waals surface area contributed by atoms with Crippen molar-refractivity contribution in [3.63, 3.8) is 0 Å². The molecule has 1 aliphatic heterocycles. The lowest BCUT2D eigenvalue weighted by molar-refractivity contribution is -0.135. The zero-order valence-corrected chi connectivity index (χ0v) is 15.9. The van der Waals surface area contributed by atoms with Crippen LogP contribution in [0.1, 0.15) is 46.1 Å². The van der Waals surface area contributed by atoms with Crippen molar-refractivity contribution in [2.45, 2.75) is 52.1 Å². The summed E-state index contributed by atoms with van der Waals surface area (Å²) in [5.41, 5.74) is -1.46. The summed E-state index contributed by atoms with van der Waals surface area (Å²) in [6, 6.07) is 2.15. The van der Waals surface area contributed by atoms with Gasteiger partial charge in [-0.25, -0.2) is 13.6 Å². The van der Waals surface area contributed by atoms with E-state index in [9.17, 15) is 23.2 Å². The highest BCUT2D eigenvalue weighted by Crippen LogP contribution is 2.29. The Bertz CT molecular complexity index is 754. The maximum atomic E-state index is 13.5. The summed E-state index contributed by atoms with van der Waals surface area (Å²) in [6.07, 6.45) is 1.73. The largest absolute Gasteiger partial charge is 0.352 e. The van der Waals surface area contributed by atoms with E-state index in [1.165, 1.54) is 13.0 Å². The minimum atomic E-state index is -1.56. The van der Waals surface area contributed by atoms with Crippen LogP contribution in [0.2, 0.25) is 0 Å². The molecule has 27 heavy (non-hydrogen) atoms. The third-order valence-electron chi connectivity index (χ3n) is 4.66. The molecule has 6 nitrogen and oxygen atoms in total. The number of carbonyl (C=O) groups excluding carboxylic acids is 3. The molecular formula is C19H25F2N3O3. The van der Waals surface area contributed by atoms with Gasteiger partial charge in [0.25, 0.3) is 5.91 Å². The van der Waals surface area contributed by atoms with Crippen LogP contribution in [0.3, 0.4) is 0 Å². The molecule has 1 aliphatic rings. The van der Waals surface area contributed by atoms with Gasteiger partial charge in [-0.1, -0.05) is 19.9 Å². The van der Waals surface area contributed by atoms with E-state index in [1.807, 2.05) is 6.92 Å². The maximum Gasteiger partial charge on any atom is 0.325 e. The first-order chi connectivity index (χ1) is 12.5. The van der Waals surface area contributed by atoms with Crippen LogP contribution in [0.4, 0.5) is 13.6 Å². The summed E-state index contributed by atoms with van der Waals surface area (Å²) in [4.78, 5) is 37.9. The number of hydrogen-bond acceptors (Lipinski definition) is 3. The number of urea groups is 1. The lowest BCUT2D eigenvalue weighted by atomic mass is 9.92. The van der Waals surface area contributed by atoms with Crippen molar-refractivity contribution < 1.29 is 23.2 Å². The molecule has 2 unspecified atom stereocenters. The summed E-state index contributed by atoms with van der Waals surface area (Å²) in [5, 5.41) is 5.22. The zero-order valence-electron chi connectivity index (χ0n) is 15.9. The number of carbonyl (C=O) groups is 3. The monoisotopic (exact) mass is 381 g/mol. The van der Waals surface area contributed by atoms with Crippen LogP contribution >= 0.6 is 0 Å². The van der Waals surface area contributed by atoms with Gasteiger partial charge in [-0.15, -0.1) is 0 Å². The zero-order chi connectivity index (χ0) is 20.4. The lowest BCUT2D eigenvalue weighted by Gasteiger charge is -2.22. The fourth-order valence-electron chi connectivity index (χ4n) is 2.96. The molecule has 0 aliphatic carbocycles. The molecule has 1 aromatic carbocycles. The summed E-state index contributed by atoms with van der Waals surface area (Å²) >= 11 is 0. The number of rotatable bonds is 7. The molecule has 8 heteroatoms. The number of amides is 4. The van der Waals surface area contributed by atoms with Gasteiger partial charge in [0.1, 0.15) is 12.1 Å². The van der Waals surface area contributed by atoms with Crippen molar-refractivity contribution in [2.24, 2.45) is 5.92 Å². The molecule has 0 radical (unpaired) electrons. The Morgan fingerprint density at radius 2 is 1.85 bits per heavy atom. The first kappa shape index (κ1) is 20.8. The number of nitrogens with zero attached hydrogens (tertiary/aromatic N) is 1. The second-order valence-electron chi connectivity index (χ2n) is 7.52. The fourth-order valence-corrected chi connectivity index (χ4v) is 2.96. The molecule has 2 rings (SSSR count). The Kier molecular flexibility index (Phi) is 6.18. The number of hydrogen-bond donors (Lipinski definition) is 2. The lowest BCUT2D eigenvalue weighted by Crippen LogP contribution is -2.45. The summed E-state index contributed by atoms with van der Waals surface area (Å²) in [7, 11) is 0. The average Bonchev–Trinajstić information content (AvgIpc) is 2.79. The number of halogens is 2.